The molecule has 4 nitrogen and oxygen atoms in total. The fraction of sp³-hybridized carbons (Fsp3) is 0.500. The molecular formula is C4H8NO3P. The zero-order valence-corrected chi connectivity index (χ0v) is 6.15. The van der Waals surface area contributed by atoms with Crippen LogP contribution >= 0.6 is 9.24 Å². The Morgan fingerprint density at radius 1 is 1.67 bits per heavy atom. The van der Waals surface area contributed by atoms with Gasteiger partial charge < -0.3 is 10.0 Å². The third-order valence-electron chi connectivity index (χ3n) is 0.749. The molecule has 0 aliphatic rings. The van der Waals surface area contributed by atoms with Gasteiger partial charge in [-0.15, -0.1) is 0 Å². The third-order valence-corrected chi connectivity index (χ3v) is 1.19. The van der Waals surface area contributed by atoms with E-state index in [0.717, 1.165) is 4.90 Å². The molecule has 1 amide bonds. The molecule has 5 heteroatoms. The minimum absolute atomic E-state index is 0.248. The lowest BCUT2D eigenvalue weighted by atomic mass is 10.6. The molecule has 0 aliphatic carbocycles. The zero-order valence-electron chi connectivity index (χ0n) is 5.00. The predicted octanol–water partition coefficient (Wildman–Crippen LogP) is -0.00210. The summed E-state index contributed by atoms with van der Waals surface area (Å²) in [6, 6.07) is 0. The molecule has 9 heavy (non-hydrogen) atoms. The molecule has 1 atom stereocenters. The molecule has 0 fully saturated rings. The fourth-order valence-electron chi connectivity index (χ4n) is 0.281. The molecule has 0 heterocycles. The molecule has 52 valence electrons. The molecule has 0 aromatic rings. The number of hydrogen-bond acceptors (Lipinski definition) is 2. The largest absolute Gasteiger partial charge is 0.480 e. The van der Waals surface area contributed by atoms with Gasteiger partial charge in [-0.3, -0.25) is 9.59 Å². The number of carbonyl (C=O) groups is 2. The van der Waals surface area contributed by atoms with Crippen LogP contribution in [0.25, 0.3) is 0 Å². The monoisotopic (exact) mass is 149 g/mol. The first-order valence-electron chi connectivity index (χ1n) is 2.26. The average molecular weight is 149 g/mol. The Kier molecular flexibility index (Phi) is 3.17. The molecule has 0 aromatic carbocycles. The van der Waals surface area contributed by atoms with Gasteiger partial charge in [-0.1, -0.05) is 0 Å². The van der Waals surface area contributed by atoms with Crippen LogP contribution in [0.2, 0.25) is 0 Å². The highest BCUT2D eigenvalue weighted by Gasteiger charge is 2.05. The molecule has 0 aromatic heterocycles. The summed E-state index contributed by atoms with van der Waals surface area (Å²) in [5, 5.41) is 8.13. The third kappa shape index (κ3) is 3.91. The second kappa shape index (κ2) is 3.41. The van der Waals surface area contributed by atoms with Crippen LogP contribution in [0.3, 0.4) is 0 Å². The predicted molar refractivity (Wildman–Crippen MR) is 35.4 cm³/mol. The summed E-state index contributed by atoms with van der Waals surface area (Å²) in [6.45, 7) is -0.248. The highest BCUT2D eigenvalue weighted by molar-refractivity contribution is 7.39. The Balaban J connectivity index is 3.63. The molecule has 0 spiro atoms. The van der Waals surface area contributed by atoms with E-state index >= 15 is 0 Å². The second-order valence-electron chi connectivity index (χ2n) is 1.59. The topological polar surface area (TPSA) is 57.6 Å². The van der Waals surface area contributed by atoms with Gasteiger partial charge in [0.2, 0.25) is 5.65 Å². The average Bonchev–Trinajstić information content (AvgIpc) is 1.63. The van der Waals surface area contributed by atoms with E-state index in [1.54, 1.807) is 0 Å². The van der Waals surface area contributed by atoms with Crippen molar-refractivity contribution in [3.05, 3.63) is 0 Å². The van der Waals surface area contributed by atoms with Crippen molar-refractivity contribution in [2.24, 2.45) is 0 Å². The summed E-state index contributed by atoms with van der Waals surface area (Å²) in [4.78, 5) is 21.3. The van der Waals surface area contributed by atoms with Crippen molar-refractivity contribution >= 4 is 20.9 Å². The quantitative estimate of drug-likeness (QED) is 0.562. The van der Waals surface area contributed by atoms with Crippen molar-refractivity contribution < 1.29 is 14.7 Å². The number of carboxylic acids is 1. The van der Waals surface area contributed by atoms with Gasteiger partial charge >= 0.3 is 5.97 Å². The molecule has 0 rings (SSSR count). The molecule has 1 N–H and O–H groups in total. The smallest absolute Gasteiger partial charge is 0.323 e. The van der Waals surface area contributed by atoms with Crippen LogP contribution in [-0.4, -0.2) is 35.2 Å². The van der Waals surface area contributed by atoms with E-state index in [1.807, 2.05) is 9.24 Å². The van der Waals surface area contributed by atoms with Crippen molar-refractivity contribution in [3.8, 4) is 0 Å². The first-order chi connectivity index (χ1) is 4.04. The van der Waals surface area contributed by atoms with E-state index in [4.69, 9.17) is 5.11 Å². The fourth-order valence-corrected chi connectivity index (χ4v) is 0.372. The minimum Gasteiger partial charge on any atom is -0.480 e. The van der Waals surface area contributed by atoms with Crippen LogP contribution in [0.4, 0.5) is 4.79 Å². The van der Waals surface area contributed by atoms with Crippen LogP contribution in [0.1, 0.15) is 0 Å². The standard InChI is InChI=1S/C4H8NO3P/c1-5(4(8)9)2-3(6)7/h2,9H2,1H3,(H,6,7). The summed E-state index contributed by atoms with van der Waals surface area (Å²) in [6.07, 6.45) is 0. The summed E-state index contributed by atoms with van der Waals surface area (Å²) >= 11 is 0. The van der Waals surface area contributed by atoms with Gasteiger partial charge in [0.05, 0.1) is 0 Å². The van der Waals surface area contributed by atoms with E-state index in [9.17, 15) is 9.59 Å². The van der Waals surface area contributed by atoms with Crippen LogP contribution in [0.15, 0.2) is 0 Å². The van der Waals surface area contributed by atoms with Crippen molar-refractivity contribution in [2.45, 2.75) is 0 Å². The van der Waals surface area contributed by atoms with Crippen molar-refractivity contribution in [2.75, 3.05) is 13.6 Å². The van der Waals surface area contributed by atoms with Crippen LogP contribution in [0.5, 0.6) is 0 Å². The number of hydrogen-bond donors (Lipinski definition) is 1. The maximum atomic E-state index is 10.3. The number of carbonyl (C=O) groups excluding carboxylic acids is 1. The SMILES string of the molecule is CN(CC(=O)O)C(=O)P. The van der Waals surface area contributed by atoms with E-state index < -0.39 is 5.97 Å². The summed E-state index contributed by atoms with van der Waals surface area (Å²) in [5.74, 6) is -1.01. The second-order valence-corrected chi connectivity index (χ2v) is 2.08. The number of nitrogens with zero attached hydrogens (tertiary/aromatic N) is 1. The van der Waals surface area contributed by atoms with Gasteiger partial charge in [-0.2, -0.15) is 0 Å². The Morgan fingerprint density at radius 3 is 2.22 bits per heavy atom. The highest BCUT2D eigenvalue weighted by Crippen LogP contribution is 1.93. The van der Waals surface area contributed by atoms with Gasteiger partial charge in [0.15, 0.2) is 0 Å². The number of likely N-dealkylation sites (N-methyl/N-ethyl adjacent to an activating group) is 1. The maximum Gasteiger partial charge on any atom is 0.323 e. The maximum absolute atomic E-state index is 10.3. The van der Waals surface area contributed by atoms with Gasteiger partial charge in [0.25, 0.3) is 0 Å². The summed E-state index contributed by atoms with van der Waals surface area (Å²) in [7, 11) is 3.31. The lowest BCUT2D eigenvalue weighted by Gasteiger charge is -2.09. The van der Waals surface area contributed by atoms with E-state index in [2.05, 4.69) is 0 Å². The Hall–Kier alpha value is -0.630. The summed E-state index contributed by atoms with van der Waals surface area (Å²) in [5.41, 5.74) is -0.322. The minimum atomic E-state index is -1.01. The number of amides is 1. The number of rotatable bonds is 2. The molecule has 0 saturated carbocycles. The van der Waals surface area contributed by atoms with Crippen molar-refractivity contribution in [1.29, 1.82) is 0 Å². The Bertz CT molecular complexity index is 136. The van der Waals surface area contributed by atoms with Gasteiger partial charge in [0.1, 0.15) is 6.54 Å². The number of aliphatic carboxylic acids is 1. The van der Waals surface area contributed by atoms with E-state index in [-0.39, 0.29) is 12.2 Å². The van der Waals surface area contributed by atoms with Gasteiger partial charge in [-0.25, -0.2) is 0 Å². The molecule has 0 radical (unpaired) electrons. The Morgan fingerprint density at radius 2 is 2.11 bits per heavy atom. The summed E-state index contributed by atoms with van der Waals surface area (Å²) < 4.78 is 0. The molecule has 1 unspecified atom stereocenters. The lowest BCUT2D eigenvalue weighted by Crippen LogP contribution is -2.27. The Labute approximate surface area is 55.0 Å². The number of carboxylic acid groups (broad SMARTS) is 1. The normalized spacial score (nSPS) is 8.67. The van der Waals surface area contributed by atoms with Crippen LogP contribution < -0.4 is 0 Å². The molecule has 0 bridgehead atoms. The van der Waals surface area contributed by atoms with E-state index in [1.165, 1.54) is 7.05 Å². The molecule has 0 saturated heterocycles. The molecular weight excluding hydrogens is 141 g/mol. The highest BCUT2D eigenvalue weighted by atomic mass is 31.0. The molecule has 0 aliphatic heterocycles. The van der Waals surface area contributed by atoms with Crippen molar-refractivity contribution in [1.82, 2.24) is 4.90 Å². The zero-order chi connectivity index (χ0) is 7.44. The van der Waals surface area contributed by atoms with Crippen LogP contribution in [-0.2, 0) is 4.79 Å². The first-order valence-corrected chi connectivity index (χ1v) is 2.84. The van der Waals surface area contributed by atoms with Gasteiger partial charge in [0, 0.05) is 7.05 Å². The van der Waals surface area contributed by atoms with Gasteiger partial charge in [-0.05, 0) is 9.24 Å². The lowest BCUT2D eigenvalue weighted by molar-refractivity contribution is -0.137. The first kappa shape index (κ1) is 8.37. The van der Waals surface area contributed by atoms with E-state index in [0.29, 0.717) is 0 Å². The van der Waals surface area contributed by atoms with Crippen molar-refractivity contribution in [3.63, 3.8) is 0 Å². The van der Waals surface area contributed by atoms with Crippen LogP contribution in [0, 0.1) is 0 Å².